The topological polar surface area (TPSA) is 44.2 Å². The Morgan fingerprint density at radius 2 is 1.57 bits per heavy atom. The van der Waals surface area contributed by atoms with Crippen molar-refractivity contribution in [3.8, 4) is 11.5 Å². The predicted octanol–water partition coefficient (Wildman–Crippen LogP) is 3.59. The van der Waals surface area contributed by atoms with Crippen molar-refractivity contribution in [1.82, 2.24) is 9.97 Å². The minimum absolute atomic E-state index is 0.711. The maximum absolute atomic E-state index is 5.42. The van der Waals surface area contributed by atoms with Crippen LogP contribution in [-0.4, -0.2) is 24.2 Å². The summed E-state index contributed by atoms with van der Waals surface area (Å²) in [6.07, 6.45) is 3.92. The van der Waals surface area contributed by atoms with E-state index in [9.17, 15) is 0 Å². The van der Waals surface area contributed by atoms with Crippen molar-refractivity contribution in [2.24, 2.45) is 0 Å². The summed E-state index contributed by atoms with van der Waals surface area (Å²) in [6.45, 7) is 5.89. The lowest BCUT2D eigenvalue weighted by molar-refractivity contribution is 0.354. The number of para-hydroxylation sites is 1. The first kappa shape index (κ1) is 15.0. The van der Waals surface area contributed by atoms with Gasteiger partial charge in [0.1, 0.15) is 0 Å². The number of aryl methyl sites for hydroxylation is 3. The van der Waals surface area contributed by atoms with Gasteiger partial charge in [-0.15, -0.1) is 0 Å². The zero-order valence-corrected chi connectivity index (χ0v) is 13.1. The van der Waals surface area contributed by atoms with Crippen molar-refractivity contribution in [3.05, 3.63) is 46.5 Å². The molecule has 1 aromatic heterocycles. The van der Waals surface area contributed by atoms with E-state index < -0.39 is 0 Å². The summed E-state index contributed by atoms with van der Waals surface area (Å²) in [5.74, 6) is 1.42. The highest BCUT2D eigenvalue weighted by atomic mass is 16.5. The molecule has 0 aliphatic rings. The molecule has 2 rings (SSSR count). The molecule has 0 N–H and O–H groups in total. The van der Waals surface area contributed by atoms with Crippen LogP contribution in [0.25, 0.3) is 12.2 Å². The molecule has 110 valence electrons. The Morgan fingerprint density at radius 1 is 0.857 bits per heavy atom. The zero-order valence-electron chi connectivity index (χ0n) is 13.1. The van der Waals surface area contributed by atoms with Crippen molar-refractivity contribution in [2.75, 3.05) is 14.2 Å². The number of ether oxygens (including phenoxy) is 2. The molecular formula is C17H20N2O2. The second-order valence-corrected chi connectivity index (χ2v) is 4.78. The number of hydrogen-bond acceptors (Lipinski definition) is 4. The molecular weight excluding hydrogens is 264 g/mol. The van der Waals surface area contributed by atoms with Crippen molar-refractivity contribution in [3.63, 3.8) is 0 Å². The van der Waals surface area contributed by atoms with Gasteiger partial charge in [0.25, 0.3) is 0 Å². The molecule has 0 spiro atoms. The Hall–Kier alpha value is -2.36. The molecule has 0 fully saturated rings. The van der Waals surface area contributed by atoms with Crippen LogP contribution in [0, 0.1) is 20.8 Å². The van der Waals surface area contributed by atoms with E-state index in [1.807, 2.05) is 51.1 Å². The highest BCUT2D eigenvalue weighted by Crippen LogP contribution is 2.31. The lowest BCUT2D eigenvalue weighted by Crippen LogP contribution is -1.98. The normalized spacial score (nSPS) is 10.9. The van der Waals surface area contributed by atoms with Crippen LogP contribution in [0.1, 0.15) is 28.3 Å². The van der Waals surface area contributed by atoms with Crippen molar-refractivity contribution >= 4 is 12.2 Å². The average Bonchev–Trinajstić information content (AvgIpc) is 2.49. The maximum Gasteiger partial charge on any atom is 0.167 e. The SMILES string of the molecule is COc1cccc(C=Cc2nc(C)c(C)nc2C)c1OC. The summed E-state index contributed by atoms with van der Waals surface area (Å²) in [5, 5.41) is 0. The molecule has 4 heteroatoms. The first-order chi connectivity index (χ1) is 10.1. The van der Waals surface area contributed by atoms with Gasteiger partial charge in [0, 0.05) is 5.56 Å². The molecule has 1 aromatic carbocycles. The Morgan fingerprint density at radius 3 is 2.24 bits per heavy atom. The monoisotopic (exact) mass is 284 g/mol. The summed E-state index contributed by atoms with van der Waals surface area (Å²) in [6, 6.07) is 5.78. The summed E-state index contributed by atoms with van der Waals surface area (Å²) < 4.78 is 10.7. The van der Waals surface area contributed by atoms with E-state index >= 15 is 0 Å². The van der Waals surface area contributed by atoms with E-state index in [2.05, 4.69) is 9.97 Å². The summed E-state index contributed by atoms with van der Waals surface area (Å²) in [4.78, 5) is 9.06. The van der Waals surface area contributed by atoms with E-state index in [4.69, 9.17) is 9.47 Å². The molecule has 0 saturated carbocycles. The lowest BCUT2D eigenvalue weighted by atomic mass is 10.1. The van der Waals surface area contributed by atoms with Crippen molar-refractivity contribution in [1.29, 1.82) is 0 Å². The predicted molar refractivity (Wildman–Crippen MR) is 84.7 cm³/mol. The Bertz CT molecular complexity index is 679. The van der Waals surface area contributed by atoms with Crippen LogP contribution in [-0.2, 0) is 0 Å². The molecule has 0 unspecified atom stereocenters. The van der Waals surface area contributed by atoms with Gasteiger partial charge in [0.2, 0.25) is 0 Å². The number of aromatic nitrogens is 2. The standard InChI is InChI=1S/C17H20N2O2/c1-11-12(2)19-15(13(3)18-11)10-9-14-7-6-8-16(20-4)17(14)21-5/h6-10H,1-5H3. The molecule has 4 nitrogen and oxygen atoms in total. The first-order valence-corrected chi connectivity index (χ1v) is 6.77. The summed E-state index contributed by atoms with van der Waals surface area (Å²) in [5.41, 5.74) is 4.62. The fourth-order valence-corrected chi connectivity index (χ4v) is 2.10. The van der Waals surface area contributed by atoms with Gasteiger partial charge in [-0.25, -0.2) is 4.98 Å². The van der Waals surface area contributed by atoms with Gasteiger partial charge in [-0.1, -0.05) is 12.1 Å². The second kappa shape index (κ2) is 6.39. The Kier molecular flexibility index (Phi) is 4.58. The van der Waals surface area contributed by atoms with Gasteiger partial charge in [-0.3, -0.25) is 4.98 Å². The number of methoxy groups -OCH3 is 2. The van der Waals surface area contributed by atoms with Gasteiger partial charge >= 0.3 is 0 Å². The van der Waals surface area contributed by atoms with Crippen LogP contribution in [0.5, 0.6) is 11.5 Å². The minimum atomic E-state index is 0.711. The van der Waals surface area contributed by atoms with Crippen LogP contribution in [0.3, 0.4) is 0 Å². The van der Waals surface area contributed by atoms with Crippen LogP contribution in [0.15, 0.2) is 18.2 Å². The first-order valence-electron chi connectivity index (χ1n) is 6.77. The van der Waals surface area contributed by atoms with Gasteiger partial charge < -0.3 is 9.47 Å². The van der Waals surface area contributed by atoms with Crippen LogP contribution < -0.4 is 9.47 Å². The number of benzene rings is 1. The van der Waals surface area contributed by atoms with E-state index in [0.717, 1.165) is 28.3 Å². The molecule has 0 radical (unpaired) electrons. The average molecular weight is 284 g/mol. The third kappa shape index (κ3) is 3.21. The quantitative estimate of drug-likeness (QED) is 0.860. The molecule has 0 bridgehead atoms. The van der Waals surface area contributed by atoms with Crippen LogP contribution in [0.2, 0.25) is 0 Å². The lowest BCUT2D eigenvalue weighted by Gasteiger charge is -2.10. The third-order valence-electron chi connectivity index (χ3n) is 3.37. The summed E-state index contributed by atoms with van der Waals surface area (Å²) >= 11 is 0. The molecule has 1 heterocycles. The van der Waals surface area contributed by atoms with Gasteiger partial charge in [0.15, 0.2) is 11.5 Å². The molecule has 2 aromatic rings. The number of nitrogens with zero attached hydrogens (tertiary/aromatic N) is 2. The number of hydrogen-bond donors (Lipinski definition) is 0. The van der Waals surface area contributed by atoms with Gasteiger partial charge in [-0.05, 0) is 39.0 Å². The molecule has 0 aliphatic heterocycles. The van der Waals surface area contributed by atoms with E-state index in [1.165, 1.54) is 0 Å². The minimum Gasteiger partial charge on any atom is -0.493 e. The second-order valence-electron chi connectivity index (χ2n) is 4.78. The largest absolute Gasteiger partial charge is 0.493 e. The smallest absolute Gasteiger partial charge is 0.167 e. The maximum atomic E-state index is 5.42. The fourth-order valence-electron chi connectivity index (χ4n) is 2.10. The molecule has 0 amide bonds. The molecule has 0 atom stereocenters. The molecule has 0 aliphatic carbocycles. The van der Waals surface area contributed by atoms with Gasteiger partial charge in [0.05, 0.1) is 37.0 Å². The van der Waals surface area contributed by atoms with Crippen molar-refractivity contribution < 1.29 is 9.47 Å². The van der Waals surface area contributed by atoms with Crippen LogP contribution in [0.4, 0.5) is 0 Å². The highest BCUT2D eigenvalue weighted by molar-refractivity contribution is 5.73. The fraction of sp³-hybridized carbons (Fsp3) is 0.294. The molecule has 0 saturated heterocycles. The summed E-state index contributed by atoms with van der Waals surface area (Å²) in [7, 11) is 3.26. The van der Waals surface area contributed by atoms with Gasteiger partial charge in [-0.2, -0.15) is 0 Å². The Balaban J connectivity index is 2.40. The van der Waals surface area contributed by atoms with E-state index in [-0.39, 0.29) is 0 Å². The van der Waals surface area contributed by atoms with E-state index in [1.54, 1.807) is 14.2 Å². The van der Waals surface area contributed by atoms with E-state index in [0.29, 0.717) is 11.5 Å². The highest BCUT2D eigenvalue weighted by Gasteiger charge is 2.07. The molecule has 21 heavy (non-hydrogen) atoms. The van der Waals surface area contributed by atoms with Crippen LogP contribution >= 0.6 is 0 Å². The third-order valence-corrected chi connectivity index (χ3v) is 3.37. The van der Waals surface area contributed by atoms with Crippen molar-refractivity contribution in [2.45, 2.75) is 20.8 Å². The zero-order chi connectivity index (χ0) is 15.4. The number of rotatable bonds is 4. The Labute approximate surface area is 125 Å².